The fourth-order valence-electron chi connectivity index (χ4n) is 5.09. The number of nitrogen functional groups attached to an aromatic ring is 1. The Morgan fingerprint density at radius 3 is 2.27 bits per heavy atom. The van der Waals surface area contributed by atoms with Crippen LogP contribution in [0, 0.1) is 6.92 Å². The highest BCUT2D eigenvalue weighted by atomic mass is 19.4. The highest BCUT2D eigenvalue weighted by Crippen LogP contribution is 2.40. The number of carbonyl (C=O) groups excluding carboxylic acids is 1. The van der Waals surface area contributed by atoms with E-state index in [1.54, 1.807) is 49.4 Å². The highest BCUT2D eigenvalue weighted by molar-refractivity contribution is 5.90. The molecule has 0 saturated heterocycles. The van der Waals surface area contributed by atoms with Gasteiger partial charge in [-0.25, -0.2) is 19.3 Å². The maximum Gasteiger partial charge on any atom is 0.419 e. The third kappa shape index (κ3) is 7.47. The van der Waals surface area contributed by atoms with E-state index in [9.17, 15) is 18.0 Å². The quantitative estimate of drug-likeness (QED) is 0.134. The summed E-state index contributed by atoms with van der Waals surface area (Å²) in [5, 5.41) is 10.2. The van der Waals surface area contributed by atoms with Gasteiger partial charge in [0.2, 0.25) is 5.75 Å². The summed E-state index contributed by atoms with van der Waals surface area (Å²) in [7, 11) is 5.96. The number of nitrogens with zero attached hydrogens (tertiary/aromatic N) is 4. The molecule has 3 heterocycles. The summed E-state index contributed by atoms with van der Waals surface area (Å²) < 4.78 is 69.5. The Hall–Kier alpha value is -5.93. The zero-order chi connectivity index (χ0) is 35.3. The summed E-state index contributed by atoms with van der Waals surface area (Å²) in [6.07, 6.45) is -2.92. The van der Waals surface area contributed by atoms with Crippen LogP contribution >= 0.6 is 0 Å². The van der Waals surface area contributed by atoms with Crippen molar-refractivity contribution in [2.75, 3.05) is 52.6 Å². The van der Waals surface area contributed by atoms with Crippen molar-refractivity contribution in [1.29, 1.82) is 0 Å². The number of aryl methyl sites for hydroxylation is 1. The van der Waals surface area contributed by atoms with Crippen molar-refractivity contribution >= 4 is 23.2 Å². The number of urea groups is 1. The van der Waals surface area contributed by atoms with Gasteiger partial charge in [-0.05, 0) is 49.7 Å². The smallest absolute Gasteiger partial charge is 0.419 e. The van der Waals surface area contributed by atoms with Gasteiger partial charge >= 0.3 is 12.2 Å². The molecule has 0 bridgehead atoms. The Morgan fingerprint density at radius 2 is 1.61 bits per heavy atom. The normalized spacial score (nSPS) is 11.3. The number of amides is 2. The number of pyridine rings is 1. The second-order valence-electron chi connectivity index (χ2n) is 10.6. The first-order valence-electron chi connectivity index (χ1n) is 14.8. The van der Waals surface area contributed by atoms with E-state index in [1.165, 1.54) is 39.2 Å². The molecule has 4 N–H and O–H groups in total. The molecule has 16 heteroatoms. The van der Waals surface area contributed by atoms with E-state index < -0.39 is 23.6 Å². The number of imidazole rings is 1. The lowest BCUT2D eigenvalue weighted by Crippen LogP contribution is -2.30. The van der Waals surface area contributed by atoms with E-state index in [0.717, 1.165) is 6.07 Å². The first-order valence-corrected chi connectivity index (χ1v) is 14.8. The maximum absolute atomic E-state index is 13.5. The number of alkyl halides is 3. The lowest BCUT2D eigenvalue weighted by atomic mass is 10.1. The van der Waals surface area contributed by atoms with Crippen molar-refractivity contribution in [2.24, 2.45) is 0 Å². The number of methoxy groups -OCH3 is 4. The first-order chi connectivity index (χ1) is 23.5. The molecule has 0 atom stereocenters. The topological polar surface area (TPSA) is 156 Å². The molecule has 5 rings (SSSR count). The zero-order valence-electron chi connectivity index (χ0n) is 27.3. The minimum atomic E-state index is -4.67. The molecule has 0 saturated carbocycles. The van der Waals surface area contributed by atoms with Gasteiger partial charge in [0.1, 0.15) is 5.82 Å². The molecule has 0 radical (unpaired) electrons. The van der Waals surface area contributed by atoms with Gasteiger partial charge in [-0.15, -0.1) is 0 Å². The monoisotopic (exact) mass is 681 g/mol. The largest absolute Gasteiger partial charge is 0.493 e. The molecule has 3 aromatic heterocycles. The molecule has 2 aromatic carbocycles. The summed E-state index contributed by atoms with van der Waals surface area (Å²) in [5.74, 6) is 1.52. The van der Waals surface area contributed by atoms with Crippen LogP contribution in [0.15, 0.2) is 54.7 Å². The number of carbonyl (C=O) groups is 1. The van der Waals surface area contributed by atoms with Crippen molar-refractivity contribution in [2.45, 2.75) is 19.5 Å². The number of rotatable bonds is 12. The van der Waals surface area contributed by atoms with Gasteiger partial charge in [-0.3, -0.25) is 0 Å². The van der Waals surface area contributed by atoms with E-state index in [-0.39, 0.29) is 12.2 Å². The van der Waals surface area contributed by atoms with Gasteiger partial charge < -0.3 is 40.1 Å². The van der Waals surface area contributed by atoms with Crippen molar-refractivity contribution in [3.63, 3.8) is 0 Å². The molecule has 0 aliphatic carbocycles. The number of ether oxygens (including phenoxy) is 5. The molecule has 258 valence electrons. The predicted octanol–water partition coefficient (Wildman–Crippen LogP) is 5.99. The Morgan fingerprint density at radius 1 is 0.898 bits per heavy atom. The van der Waals surface area contributed by atoms with Crippen LogP contribution in [0.5, 0.6) is 28.7 Å². The molecule has 13 nitrogen and oxygen atoms in total. The summed E-state index contributed by atoms with van der Waals surface area (Å²) in [6.45, 7) is 2.28. The minimum Gasteiger partial charge on any atom is -0.493 e. The van der Waals surface area contributed by atoms with Gasteiger partial charge in [0, 0.05) is 36.0 Å². The average molecular weight is 682 g/mol. The van der Waals surface area contributed by atoms with Crippen molar-refractivity contribution in [3.8, 4) is 51.3 Å². The van der Waals surface area contributed by atoms with E-state index in [1.807, 2.05) is 0 Å². The third-order valence-corrected chi connectivity index (χ3v) is 7.40. The van der Waals surface area contributed by atoms with Crippen LogP contribution < -0.4 is 40.1 Å². The number of anilines is 2. The second-order valence-corrected chi connectivity index (χ2v) is 10.6. The van der Waals surface area contributed by atoms with Crippen molar-refractivity contribution in [3.05, 3.63) is 66.0 Å². The van der Waals surface area contributed by atoms with Crippen LogP contribution in [0.3, 0.4) is 0 Å². The summed E-state index contributed by atoms with van der Waals surface area (Å²) in [5.41, 5.74) is 7.55. The SMILES string of the molecule is COc1cc(-c2ccc3nc(C)c(-c4cnc(N)c(C(F)(F)F)c4)n3n2)ccc1OCCCNC(=O)Nc1cc(OC)c(OC)c(OC)c1. The van der Waals surface area contributed by atoms with Gasteiger partial charge in [0.05, 0.1) is 63.4 Å². The molecule has 0 fully saturated rings. The summed E-state index contributed by atoms with van der Waals surface area (Å²) in [6, 6.07) is 12.5. The van der Waals surface area contributed by atoms with E-state index >= 15 is 0 Å². The third-order valence-electron chi connectivity index (χ3n) is 7.40. The fourth-order valence-corrected chi connectivity index (χ4v) is 5.09. The molecule has 0 aliphatic heterocycles. The van der Waals surface area contributed by atoms with E-state index in [4.69, 9.17) is 29.4 Å². The second kappa shape index (κ2) is 14.5. The summed E-state index contributed by atoms with van der Waals surface area (Å²) >= 11 is 0. The van der Waals surface area contributed by atoms with Crippen molar-refractivity contribution in [1.82, 2.24) is 24.9 Å². The Balaban J connectivity index is 1.24. The van der Waals surface area contributed by atoms with Crippen LogP contribution in [0.25, 0.3) is 28.2 Å². The molecule has 0 aliphatic rings. The molecule has 0 unspecified atom stereocenters. The Labute approximate surface area is 279 Å². The first kappa shape index (κ1) is 34.4. The predicted molar refractivity (Wildman–Crippen MR) is 176 cm³/mol. The van der Waals surface area contributed by atoms with Crippen LogP contribution in [-0.2, 0) is 6.18 Å². The number of nitrogens with one attached hydrogen (secondary N) is 2. The molecular weight excluding hydrogens is 647 g/mol. The molecule has 2 amide bonds. The number of nitrogens with two attached hydrogens (primary N) is 1. The zero-order valence-corrected chi connectivity index (χ0v) is 27.3. The molecule has 5 aromatic rings. The van der Waals surface area contributed by atoms with Crippen LogP contribution in [0.1, 0.15) is 17.7 Å². The van der Waals surface area contributed by atoms with Crippen molar-refractivity contribution < 1.29 is 41.7 Å². The average Bonchev–Trinajstić information content (AvgIpc) is 3.42. The van der Waals surface area contributed by atoms with Crippen LogP contribution in [0.4, 0.5) is 29.5 Å². The number of hydrogen-bond acceptors (Lipinski definition) is 10. The molecular formula is C33H34F3N7O6. The van der Waals surface area contributed by atoms with Gasteiger partial charge in [0.25, 0.3) is 0 Å². The number of fused-ring (bicyclic) bond motifs is 1. The number of hydrogen-bond donors (Lipinski definition) is 3. The van der Waals surface area contributed by atoms with E-state index in [2.05, 4.69) is 25.7 Å². The Kier molecular flexibility index (Phi) is 10.1. The van der Waals surface area contributed by atoms with Gasteiger partial charge in [-0.2, -0.15) is 18.3 Å². The number of halogens is 3. The van der Waals surface area contributed by atoms with Crippen LogP contribution in [0.2, 0.25) is 0 Å². The van der Waals surface area contributed by atoms with Gasteiger partial charge in [-0.1, -0.05) is 0 Å². The summed E-state index contributed by atoms with van der Waals surface area (Å²) in [4.78, 5) is 20.7. The highest BCUT2D eigenvalue weighted by Gasteiger charge is 2.34. The number of benzene rings is 2. The van der Waals surface area contributed by atoms with E-state index in [0.29, 0.717) is 75.7 Å². The lowest BCUT2D eigenvalue weighted by molar-refractivity contribution is -0.137. The minimum absolute atomic E-state index is 0.172. The molecule has 49 heavy (non-hydrogen) atoms. The fraction of sp³-hybridized carbons (Fsp3) is 0.273. The molecule has 0 spiro atoms. The maximum atomic E-state index is 13.5. The lowest BCUT2D eigenvalue weighted by Gasteiger charge is -2.15. The Bertz CT molecular complexity index is 1960. The van der Waals surface area contributed by atoms with Crippen LogP contribution in [-0.4, -0.2) is 67.2 Å². The van der Waals surface area contributed by atoms with Gasteiger partial charge in [0.15, 0.2) is 28.6 Å². The number of aromatic nitrogens is 4. The standard InChI is InChI=1S/C33H34F3N7O6/c1-18-29(20-13-22(33(34,35)36)31(37)39-17-20)43-28(40-18)10-8-23(42-43)19-7-9-24(25(14-19)45-2)49-12-6-11-38-32(44)41-21-15-26(46-3)30(48-5)27(16-21)47-4/h7-10,13-17H,6,11-12H2,1-5H3,(H2,37,39)(H2,38,41,44).